The minimum Gasteiger partial charge on any atom is -0.393 e. The topological polar surface area (TPSA) is 84.9 Å². The van der Waals surface area contributed by atoms with Gasteiger partial charge in [0.05, 0.1) is 11.8 Å². The van der Waals surface area contributed by atoms with Crippen LogP contribution in [-0.2, 0) is 9.63 Å². The van der Waals surface area contributed by atoms with Gasteiger partial charge in [-0.05, 0) is 87.9 Å². The number of aliphatic hydroxyl groups excluding tert-OH is 1. The minimum atomic E-state index is -0.467. The van der Waals surface area contributed by atoms with Crippen LogP contribution in [0, 0.1) is 40.4 Å². The van der Waals surface area contributed by atoms with Gasteiger partial charge in [0.2, 0.25) is 0 Å². The fourth-order valence-corrected chi connectivity index (χ4v) is 8.01. The van der Waals surface area contributed by atoms with E-state index in [1.807, 2.05) is 13.8 Å². The number of nitrogens with zero attached hydrogens (tertiary/aromatic N) is 1. The summed E-state index contributed by atoms with van der Waals surface area (Å²) in [5.41, 5.74) is 6.42. The zero-order chi connectivity index (χ0) is 21.9. The van der Waals surface area contributed by atoms with Gasteiger partial charge in [-0.15, -0.1) is 0 Å². The second kappa shape index (κ2) is 7.58. The molecule has 5 nitrogen and oxygen atoms in total. The molecule has 0 spiro atoms. The molecule has 0 amide bonds. The predicted octanol–water partition coefficient (Wildman–Crippen LogP) is 4.32. The molecule has 0 aromatic carbocycles. The largest absolute Gasteiger partial charge is 0.393 e. The Bertz CT molecular complexity index is 719. The summed E-state index contributed by atoms with van der Waals surface area (Å²) in [4.78, 5) is 18.5. The second-order valence-electron chi connectivity index (χ2n) is 11.8. The van der Waals surface area contributed by atoms with Crippen LogP contribution in [0.5, 0.6) is 0 Å². The average Bonchev–Trinajstić information content (AvgIpc) is 3.01. The van der Waals surface area contributed by atoms with Crippen LogP contribution in [0.3, 0.4) is 0 Å². The highest BCUT2D eigenvalue weighted by atomic mass is 16.6. The zero-order valence-electron chi connectivity index (χ0n) is 19.6. The van der Waals surface area contributed by atoms with Crippen LogP contribution in [0.1, 0.15) is 86.0 Å². The monoisotopic (exact) mass is 418 g/mol. The molecule has 8 atom stereocenters. The number of rotatable bonds is 4. The molecule has 4 saturated carbocycles. The maximum Gasteiger partial charge on any atom is 0.144 e. The summed E-state index contributed by atoms with van der Waals surface area (Å²) in [5, 5.41) is 16.1. The van der Waals surface area contributed by atoms with E-state index in [-0.39, 0.29) is 28.8 Å². The number of carbonyl (C=O) groups excluding carboxylic acids is 1. The van der Waals surface area contributed by atoms with E-state index in [4.69, 9.17) is 10.6 Å². The third-order valence-electron chi connectivity index (χ3n) is 9.81. The van der Waals surface area contributed by atoms with Gasteiger partial charge < -0.3 is 15.7 Å². The number of aliphatic hydroxyl groups is 1. The van der Waals surface area contributed by atoms with Gasteiger partial charge in [0.1, 0.15) is 11.4 Å². The molecule has 0 aromatic rings. The van der Waals surface area contributed by atoms with E-state index in [9.17, 15) is 9.90 Å². The lowest BCUT2D eigenvalue weighted by molar-refractivity contribution is -0.161. The van der Waals surface area contributed by atoms with Gasteiger partial charge in [-0.25, -0.2) is 0 Å². The highest BCUT2D eigenvalue weighted by Gasteiger charge is 2.63. The smallest absolute Gasteiger partial charge is 0.144 e. The van der Waals surface area contributed by atoms with E-state index >= 15 is 0 Å². The van der Waals surface area contributed by atoms with Crippen molar-refractivity contribution in [3.05, 3.63) is 0 Å². The fraction of sp³-hybridized carbons (Fsp3) is 0.920. The van der Waals surface area contributed by atoms with E-state index in [0.717, 1.165) is 57.1 Å². The molecule has 4 aliphatic carbocycles. The molecule has 0 radical (unpaired) electrons. The van der Waals surface area contributed by atoms with Crippen molar-refractivity contribution < 1.29 is 14.7 Å². The van der Waals surface area contributed by atoms with Crippen molar-refractivity contribution in [2.24, 2.45) is 51.3 Å². The van der Waals surface area contributed by atoms with Crippen molar-refractivity contribution in [2.75, 3.05) is 6.54 Å². The summed E-state index contributed by atoms with van der Waals surface area (Å²) < 4.78 is 0. The molecule has 0 aliphatic heterocycles. The molecule has 170 valence electrons. The molecule has 0 aromatic heterocycles. The quantitative estimate of drug-likeness (QED) is 0.666. The lowest BCUT2D eigenvalue weighted by Crippen LogP contribution is -2.60. The van der Waals surface area contributed by atoms with Crippen LogP contribution in [-0.4, -0.2) is 34.9 Å². The third-order valence-corrected chi connectivity index (χ3v) is 9.81. The Hall–Kier alpha value is -0.940. The van der Waals surface area contributed by atoms with E-state index in [2.05, 4.69) is 25.9 Å². The van der Waals surface area contributed by atoms with Crippen LogP contribution in [0.2, 0.25) is 0 Å². The minimum absolute atomic E-state index is 0.110. The Balaban J connectivity index is 1.62. The first-order valence-electron chi connectivity index (χ1n) is 12.2. The van der Waals surface area contributed by atoms with Crippen molar-refractivity contribution in [3.8, 4) is 0 Å². The maximum absolute atomic E-state index is 12.7. The number of oxime groups is 1. The normalized spacial score (nSPS) is 47.6. The van der Waals surface area contributed by atoms with Crippen molar-refractivity contribution in [1.29, 1.82) is 0 Å². The summed E-state index contributed by atoms with van der Waals surface area (Å²) in [6.45, 7) is 11.2. The number of hydrogen-bond donors (Lipinski definition) is 2. The first-order valence-corrected chi connectivity index (χ1v) is 12.2. The van der Waals surface area contributed by atoms with Crippen LogP contribution >= 0.6 is 0 Å². The molecule has 4 aliphatic rings. The molecule has 30 heavy (non-hydrogen) atoms. The number of Topliss-reactive ketones (excluding diaryl/α,β-unsaturated/α-hetero) is 1. The number of carbonyl (C=O) groups is 1. The third kappa shape index (κ3) is 3.26. The molecule has 0 heterocycles. The molecule has 1 unspecified atom stereocenters. The summed E-state index contributed by atoms with van der Waals surface area (Å²) in [5.74, 6) is 2.49. The Morgan fingerprint density at radius 3 is 2.60 bits per heavy atom. The van der Waals surface area contributed by atoms with E-state index in [1.165, 1.54) is 0 Å². The van der Waals surface area contributed by atoms with Gasteiger partial charge in [0.25, 0.3) is 0 Å². The first-order chi connectivity index (χ1) is 14.1. The summed E-state index contributed by atoms with van der Waals surface area (Å²) in [7, 11) is 0. The van der Waals surface area contributed by atoms with Gasteiger partial charge in [-0.2, -0.15) is 0 Å². The Morgan fingerprint density at radius 2 is 1.93 bits per heavy atom. The standard InChI is InChI=1S/C25H42N2O3/c1-6-15-19(27-30-23(2,3)14-26)10-12-25(5)18-9-11-24(4)17(7-8-21(24)29)16(18)13-20(28)22(15)25/h15-18,20,22,28H,6-14,26H2,1-5H3/b27-19+/t15-,16-,17-,18-,20+,22?,24-,25+/m0/s1. The summed E-state index contributed by atoms with van der Waals surface area (Å²) >= 11 is 0. The van der Waals surface area contributed by atoms with E-state index in [1.54, 1.807) is 0 Å². The molecule has 4 rings (SSSR count). The second-order valence-corrected chi connectivity index (χ2v) is 11.8. The van der Waals surface area contributed by atoms with Gasteiger partial charge in [-0.3, -0.25) is 4.79 Å². The predicted molar refractivity (Wildman–Crippen MR) is 119 cm³/mol. The van der Waals surface area contributed by atoms with E-state index < -0.39 is 5.60 Å². The van der Waals surface area contributed by atoms with Gasteiger partial charge in [0, 0.05) is 24.3 Å². The van der Waals surface area contributed by atoms with Crippen LogP contribution < -0.4 is 5.73 Å². The average molecular weight is 419 g/mol. The molecule has 4 fully saturated rings. The molecular weight excluding hydrogens is 376 g/mol. The highest BCUT2D eigenvalue weighted by Crippen LogP contribution is 2.66. The molecule has 0 bridgehead atoms. The van der Waals surface area contributed by atoms with Crippen molar-refractivity contribution in [1.82, 2.24) is 0 Å². The Labute approximate surface area is 182 Å². The Kier molecular flexibility index (Phi) is 5.63. The Morgan fingerprint density at radius 1 is 1.20 bits per heavy atom. The van der Waals surface area contributed by atoms with Gasteiger partial charge >= 0.3 is 0 Å². The van der Waals surface area contributed by atoms with E-state index in [0.29, 0.717) is 30.1 Å². The number of ketones is 1. The van der Waals surface area contributed by atoms with Crippen molar-refractivity contribution >= 4 is 11.5 Å². The van der Waals surface area contributed by atoms with Gasteiger partial charge in [0.15, 0.2) is 0 Å². The first kappa shape index (κ1) is 22.3. The molecular formula is C25H42N2O3. The van der Waals surface area contributed by atoms with Crippen molar-refractivity contribution in [2.45, 2.75) is 97.7 Å². The molecule has 3 N–H and O–H groups in total. The zero-order valence-corrected chi connectivity index (χ0v) is 19.6. The van der Waals surface area contributed by atoms with Crippen molar-refractivity contribution in [3.63, 3.8) is 0 Å². The lowest BCUT2D eigenvalue weighted by Gasteiger charge is -2.62. The van der Waals surface area contributed by atoms with Crippen LogP contribution in [0.25, 0.3) is 0 Å². The lowest BCUT2D eigenvalue weighted by atomic mass is 9.43. The number of nitrogens with two attached hydrogens (primary N) is 1. The fourth-order valence-electron chi connectivity index (χ4n) is 8.01. The molecule has 0 saturated heterocycles. The number of fused-ring (bicyclic) bond motifs is 5. The van der Waals surface area contributed by atoms with Crippen LogP contribution in [0.4, 0.5) is 0 Å². The van der Waals surface area contributed by atoms with Gasteiger partial charge in [-0.1, -0.05) is 25.9 Å². The SMILES string of the molecule is CC[C@H]1/C(=N/OC(C)(C)CN)CC[C@@]2(C)C1[C@H](O)C[C@@H]1[C@@H]2CC[C@]2(C)C(=O)CC[C@@H]12. The number of hydrogen-bond acceptors (Lipinski definition) is 5. The summed E-state index contributed by atoms with van der Waals surface area (Å²) in [6, 6.07) is 0. The highest BCUT2D eigenvalue weighted by molar-refractivity contribution is 5.88. The summed E-state index contributed by atoms with van der Waals surface area (Å²) in [6.07, 6.45) is 7.39. The molecule has 5 heteroatoms. The maximum atomic E-state index is 12.7. The van der Waals surface area contributed by atoms with Crippen LogP contribution in [0.15, 0.2) is 5.16 Å².